The van der Waals surface area contributed by atoms with Gasteiger partial charge in [0.1, 0.15) is 0 Å². The van der Waals surface area contributed by atoms with Crippen molar-refractivity contribution >= 4 is 6.08 Å². The molecular weight excluding hydrogens is 182 g/mol. The third kappa shape index (κ3) is 2.11. The zero-order valence-electron chi connectivity index (χ0n) is 9.83. The first kappa shape index (κ1) is 10.4. The minimum Gasteiger partial charge on any atom is -0.260 e. The summed E-state index contributed by atoms with van der Waals surface area (Å²) in [4.78, 5) is 4.56. The van der Waals surface area contributed by atoms with Gasteiger partial charge in [0.15, 0.2) is 0 Å². The maximum atomic E-state index is 4.56. The molecular formula is C14H19N. The molecule has 80 valence electrons. The Kier molecular flexibility index (Phi) is 2.90. The molecule has 0 saturated carbocycles. The highest BCUT2D eigenvalue weighted by Gasteiger charge is 2.24. The first-order valence-electron chi connectivity index (χ1n) is 5.81. The maximum Gasteiger partial charge on any atom is 0.0439 e. The molecule has 1 heteroatoms. The average molecular weight is 201 g/mol. The Morgan fingerprint density at radius 1 is 1.40 bits per heavy atom. The molecule has 1 atom stereocenters. The molecule has 1 heterocycles. The predicted octanol–water partition coefficient (Wildman–Crippen LogP) is 3.49. The third-order valence-electron chi connectivity index (χ3n) is 3.32. The van der Waals surface area contributed by atoms with Gasteiger partial charge in [0.2, 0.25) is 0 Å². The summed E-state index contributed by atoms with van der Waals surface area (Å²) in [5.41, 5.74) is 4.02. The topological polar surface area (TPSA) is 12.9 Å². The Bertz CT molecular complexity index is 377. The molecule has 0 saturated heterocycles. The van der Waals surface area contributed by atoms with Crippen LogP contribution in [0, 0.1) is 11.8 Å². The van der Waals surface area contributed by atoms with Crippen LogP contribution in [0.25, 0.3) is 6.08 Å². The molecule has 1 aromatic rings. The molecule has 0 bridgehead atoms. The summed E-state index contributed by atoms with van der Waals surface area (Å²) in [5, 5.41) is 0. The molecule has 0 radical (unpaired) electrons. The van der Waals surface area contributed by atoms with E-state index in [9.17, 15) is 0 Å². The molecule has 1 aliphatic carbocycles. The Labute approximate surface area is 92.2 Å². The van der Waals surface area contributed by atoms with Crippen LogP contribution in [0.4, 0.5) is 0 Å². The van der Waals surface area contributed by atoms with Crippen LogP contribution in [0.15, 0.2) is 18.3 Å². The molecule has 0 amide bonds. The van der Waals surface area contributed by atoms with Crippen molar-refractivity contribution in [3.8, 4) is 0 Å². The highest BCUT2D eigenvalue weighted by molar-refractivity contribution is 5.50. The lowest BCUT2D eigenvalue weighted by Gasteiger charge is -2.11. The van der Waals surface area contributed by atoms with Gasteiger partial charge in [0.05, 0.1) is 0 Å². The van der Waals surface area contributed by atoms with Crippen LogP contribution in [0.1, 0.15) is 37.6 Å². The largest absolute Gasteiger partial charge is 0.260 e. The summed E-state index contributed by atoms with van der Waals surface area (Å²) in [5.74, 6) is 1.57. The van der Waals surface area contributed by atoms with Gasteiger partial charge in [-0.3, -0.25) is 4.98 Å². The lowest BCUT2D eigenvalue weighted by Crippen LogP contribution is -2.07. The Hall–Kier alpha value is -1.11. The zero-order chi connectivity index (χ0) is 10.8. The second-order valence-corrected chi connectivity index (χ2v) is 4.79. The van der Waals surface area contributed by atoms with Crippen molar-refractivity contribution in [3.63, 3.8) is 0 Å². The Morgan fingerprint density at radius 2 is 2.20 bits per heavy atom. The number of aromatic nitrogens is 1. The zero-order valence-corrected chi connectivity index (χ0v) is 9.83. The van der Waals surface area contributed by atoms with Crippen LogP contribution in [0.3, 0.4) is 0 Å². The predicted molar refractivity (Wildman–Crippen MR) is 64.7 cm³/mol. The molecule has 1 unspecified atom stereocenters. The van der Waals surface area contributed by atoms with E-state index in [1.54, 1.807) is 0 Å². The van der Waals surface area contributed by atoms with Crippen molar-refractivity contribution < 1.29 is 0 Å². The maximum absolute atomic E-state index is 4.56. The quantitative estimate of drug-likeness (QED) is 0.713. The molecule has 1 aliphatic rings. The molecule has 0 aliphatic heterocycles. The van der Waals surface area contributed by atoms with Crippen molar-refractivity contribution in [2.24, 2.45) is 11.8 Å². The number of rotatable bonds is 2. The third-order valence-corrected chi connectivity index (χ3v) is 3.32. The van der Waals surface area contributed by atoms with E-state index in [1.807, 2.05) is 13.1 Å². The highest BCUT2D eigenvalue weighted by atomic mass is 14.7. The van der Waals surface area contributed by atoms with Crippen molar-refractivity contribution in [3.05, 3.63) is 35.2 Å². The van der Waals surface area contributed by atoms with Crippen LogP contribution in [-0.4, -0.2) is 4.98 Å². The minimum absolute atomic E-state index is 0.768. The van der Waals surface area contributed by atoms with Crippen LogP contribution in [-0.2, 0) is 12.8 Å². The summed E-state index contributed by atoms with van der Waals surface area (Å²) >= 11 is 0. The van der Waals surface area contributed by atoms with Crippen molar-refractivity contribution in [2.45, 2.75) is 33.6 Å². The first-order valence-corrected chi connectivity index (χ1v) is 5.81. The number of pyridine rings is 1. The average Bonchev–Trinajstić information content (AvgIpc) is 2.61. The number of hydrogen-bond donors (Lipinski definition) is 0. The van der Waals surface area contributed by atoms with Gasteiger partial charge >= 0.3 is 0 Å². The number of nitrogens with zero attached hydrogens (tertiary/aromatic N) is 1. The summed E-state index contributed by atoms with van der Waals surface area (Å²) < 4.78 is 0. The SMILES string of the molecule is C/C=C/c1cnc2c(c1)CC(C(C)C)C2. The van der Waals surface area contributed by atoms with Crippen LogP contribution < -0.4 is 0 Å². The lowest BCUT2D eigenvalue weighted by molar-refractivity contribution is 0.402. The fourth-order valence-electron chi connectivity index (χ4n) is 2.28. The normalized spacial score (nSPS) is 20.1. The number of fused-ring (bicyclic) bond motifs is 1. The molecule has 0 fully saturated rings. The van der Waals surface area contributed by atoms with Gasteiger partial charge < -0.3 is 0 Å². The fraction of sp³-hybridized carbons (Fsp3) is 0.500. The van der Waals surface area contributed by atoms with Gasteiger partial charge in [-0.25, -0.2) is 0 Å². The van der Waals surface area contributed by atoms with Crippen molar-refractivity contribution in [2.75, 3.05) is 0 Å². The Balaban J connectivity index is 2.23. The van der Waals surface area contributed by atoms with Crippen molar-refractivity contribution in [1.82, 2.24) is 4.98 Å². The molecule has 2 rings (SSSR count). The van der Waals surface area contributed by atoms with E-state index in [0.29, 0.717) is 0 Å². The first-order chi connectivity index (χ1) is 7.20. The molecule has 0 aromatic carbocycles. The van der Waals surface area contributed by atoms with Gasteiger partial charge in [-0.1, -0.05) is 26.0 Å². The minimum atomic E-state index is 0.768. The molecule has 1 aromatic heterocycles. The monoisotopic (exact) mass is 201 g/mol. The highest BCUT2D eigenvalue weighted by Crippen LogP contribution is 2.30. The van der Waals surface area contributed by atoms with Crippen molar-refractivity contribution in [1.29, 1.82) is 0 Å². The van der Waals surface area contributed by atoms with E-state index in [4.69, 9.17) is 0 Å². The van der Waals surface area contributed by atoms with E-state index < -0.39 is 0 Å². The lowest BCUT2D eigenvalue weighted by atomic mass is 9.93. The number of hydrogen-bond acceptors (Lipinski definition) is 1. The van der Waals surface area contributed by atoms with Gasteiger partial charge in [-0.05, 0) is 48.8 Å². The second-order valence-electron chi connectivity index (χ2n) is 4.79. The smallest absolute Gasteiger partial charge is 0.0439 e. The van der Waals surface area contributed by atoms with E-state index in [0.717, 1.165) is 11.8 Å². The van der Waals surface area contributed by atoms with Gasteiger partial charge in [-0.2, -0.15) is 0 Å². The van der Waals surface area contributed by atoms with Crippen LogP contribution >= 0.6 is 0 Å². The standard InChI is InChI=1S/C14H19N/c1-4-5-11-6-13-7-12(10(2)3)8-14(13)15-9-11/h4-6,9-10,12H,7-8H2,1-3H3/b5-4+. The Morgan fingerprint density at radius 3 is 2.87 bits per heavy atom. The summed E-state index contributed by atoms with van der Waals surface area (Å²) in [6, 6.07) is 2.30. The summed E-state index contributed by atoms with van der Waals surface area (Å²) in [6.45, 7) is 6.66. The van der Waals surface area contributed by atoms with Crippen LogP contribution in [0.2, 0.25) is 0 Å². The molecule has 15 heavy (non-hydrogen) atoms. The summed E-state index contributed by atoms with van der Waals surface area (Å²) in [6.07, 6.45) is 8.56. The van der Waals surface area contributed by atoms with E-state index >= 15 is 0 Å². The van der Waals surface area contributed by atoms with E-state index in [2.05, 4.69) is 37.0 Å². The molecule has 1 nitrogen and oxygen atoms in total. The second kappa shape index (κ2) is 4.18. The fourth-order valence-corrected chi connectivity index (χ4v) is 2.28. The molecule has 0 spiro atoms. The van der Waals surface area contributed by atoms with E-state index in [1.165, 1.54) is 29.7 Å². The van der Waals surface area contributed by atoms with E-state index in [-0.39, 0.29) is 0 Å². The summed E-state index contributed by atoms with van der Waals surface area (Å²) in [7, 11) is 0. The van der Waals surface area contributed by atoms with Gasteiger partial charge in [0, 0.05) is 11.9 Å². The number of allylic oxidation sites excluding steroid dienone is 1. The molecule has 0 N–H and O–H groups in total. The van der Waals surface area contributed by atoms with Crippen LogP contribution in [0.5, 0.6) is 0 Å². The van der Waals surface area contributed by atoms with Gasteiger partial charge in [0.25, 0.3) is 0 Å². The van der Waals surface area contributed by atoms with Gasteiger partial charge in [-0.15, -0.1) is 0 Å².